The minimum Gasteiger partial charge on any atom is -0.358 e. The lowest BCUT2D eigenvalue weighted by atomic mass is 10.2. The molecule has 0 radical (unpaired) electrons. The number of aromatic nitrogens is 4. The number of halogens is 1. The van der Waals surface area contributed by atoms with E-state index in [1.807, 2.05) is 0 Å². The van der Waals surface area contributed by atoms with E-state index in [0.717, 1.165) is 6.07 Å². The van der Waals surface area contributed by atoms with Crippen LogP contribution in [0.4, 0.5) is 16.0 Å². The van der Waals surface area contributed by atoms with Gasteiger partial charge in [-0.3, -0.25) is 9.48 Å². The molecule has 10 heteroatoms. The molecule has 1 aromatic carbocycles. The molecule has 128 valence electrons. The number of H-pyrrole nitrogens is 1. The van der Waals surface area contributed by atoms with Crippen molar-refractivity contribution in [3.05, 3.63) is 69.3 Å². The second-order valence-corrected chi connectivity index (χ2v) is 5.27. The molecule has 0 unspecified atom stereocenters. The van der Waals surface area contributed by atoms with Crippen molar-refractivity contribution in [1.82, 2.24) is 20.0 Å². The molecule has 0 saturated heterocycles. The Balaban J connectivity index is 1.74. The quantitative estimate of drug-likeness (QED) is 0.543. The molecule has 0 aliphatic rings. The molecule has 0 spiro atoms. The first-order chi connectivity index (χ1) is 11.9. The standard InChI is InChI=1S/C15H13FN6O3/c1-9-6-13(17-15(23)12-7-14(19-18-12)22(24)25)20-21(9)8-10-4-2-3-5-11(10)16/h2-7H,8H2,1H3,(H,18,19)(H,17,20,23). The van der Waals surface area contributed by atoms with E-state index in [9.17, 15) is 19.3 Å². The number of hydrogen-bond donors (Lipinski definition) is 2. The zero-order valence-corrected chi connectivity index (χ0v) is 13.1. The van der Waals surface area contributed by atoms with Gasteiger partial charge in [-0.2, -0.15) is 5.10 Å². The minimum absolute atomic E-state index is 0.131. The molecule has 0 aliphatic heterocycles. The van der Waals surface area contributed by atoms with E-state index in [-0.39, 0.29) is 29.7 Å². The van der Waals surface area contributed by atoms with Gasteiger partial charge in [0.25, 0.3) is 5.91 Å². The lowest BCUT2D eigenvalue weighted by molar-refractivity contribution is -0.389. The number of benzene rings is 1. The maximum Gasteiger partial charge on any atom is 0.343 e. The maximum absolute atomic E-state index is 13.7. The van der Waals surface area contributed by atoms with E-state index in [1.165, 1.54) is 6.07 Å². The summed E-state index contributed by atoms with van der Waals surface area (Å²) < 4.78 is 15.3. The third-order valence-electron chi connectivity index (χ3n) is 3.49. The zero-order valence-electron chi connectivity index (χ0n) is 13.1. The fraction of sp³-hybridized carbons (Fsp3) is 0.133. The highest BCUT2D eigenvalue weighted by molar-refractivity contribution is 6.02. The molecule has 2 N–H and O–H groups in total. The Kier molecular flexibility index (Phi) is 4.25. The number of hydrogen-bond acceptors (Lipinski definition) is 5. The smallest absolute Gasteiger partial charge is 0.343 e. The molecule has 3 rings (SSSR count). The van der Waals surface area contributed by atoms with Gasteiger partial charge in [0.05, 0.1) is 12.6 Å². The first-order valence-corrected chi connectivity index (χ1v) is 7.23. The summed E-state index contributed by atoms with van der Waals surface area (Å²) in [6.45, 7) is 1.98. The number of aromatic amines is 1. The van der Waals surface area contributed by atoms with Crippen molar-refractivity contribution in [2.75, 3.05) is 5.32 Å². The number of carbonyl (C=O) groups is 1. The predicted octanol–water partition coefficient (Wildman–Crippen LogP) is 2.26. The summed E-state index contributed by atoms with van der Waals surface area (Å²) in [5.74, 6) is -1.12. The number of nitrogens with one attached hydrogen (secondary N) is 2. The number of aryl methyl sites for hydroxylation is 1. The van der Waals surface area contributed by atoms with Gasteiger partial charge >= 0.3 is 5.82 Å². The van der Waals surface area contributed by atoms with Crippen molar-refractivity contribution in [2.45, 2.75) is 13.5 Å². The summed E-state index contributed by atoms with van der Waals surface area (Å²) in [6, 6.07) is 8.98. The van der Waals surface area contributed by atoms with Crippen LogP contribution < -0.4 is 5.32 Å². The van der Waals surface area contributed by atoms with Crippen molar-refractivity contribution in [1.29, 1.82) is 0 Å². The first-order valence-electron chi connectivity index (χ1n) is 7.23. The molecule has 25 heavy (non-hydrogen) atoms. The topological polar surface area (TPSA) is 119 Å². The SMILES string of the molecule is Cc1cc(NC(=O)c2cc([N+](=O)[O-])[nH]n2)nn1Cc1ccccc1F. The summed E-state index contributed by atoms with van der Waals surface area (Å²) in [6.07, 6.45) is 0. The average Bonchev–Trinajstić information content (AvgIpc) is 3.17. The van der Waals surface area contributed by atoms with E-state index >= 15 is 0 Å². The van der Waals surface area contributed by atoms with Crippen LogP contribution in [0.5, 0.6) is 0 Å². The van der Waals surface area contributed by atoms with Crippen molar-refractivity contribution in [2.24, 2.45) is 0 Å². The molecule has 9 nitrogen and oxygen atoms in total. The van der Waals surface area contributed by atoms with Crippen LogP contribution in [0, 0.1) is 22.9 Å². The number of amides is 1. The third kappa shape index (κ3) is 3.52. The van der Waals surface area contributed by atoms with E-state index in [0.29, 0.717) is 11.3 Å². The lowest BCUT2D eigenvalue weighted by Gasteiger charge is -2.05. The second-order valence-electron chi connectivity index (χ2n) is 5.27. The average molecular weight is 344 g/mol. The molecule has 0 aliphatic carbocycles. The van der Waals surface area contributed by atoms with Crippen molar-refractivity contribution < 1.29 is 14.1 Å². The monoisotopic (exact) mass is 344 g/mol. The molecular weight excluding hydrogens is 331 g/mol. The fourth-order valence-electron chi connectivity index (χ4n) is 2.22. The van der Waals surface area contributed by atoms with Crippen LogP contribution >= 0.6 is 0 Å². The van der Waals surface area contributed by atoms with Crippen molar-refractivity contribution >= 4 is 17.5 Å². The van der Waals surface area contributed by atoms with Gasteiger partial charge in [-0.05, 0) is 17.9 Å². The normalized spacial score (nSPS) is 10.6. The highest BCUT2D eigenvalue weighted by Crippen LogP contribution is 2.15. The van der Waals surface area contributed by atoms with Crippen LogP contribution in [0.2, 0.25) is 0 Å². The summed E-state index contributed by atoms with van der Waals surface area (Å²) in [5, 5.41) is 23.0. The molecule has 3 aromatic rings. The van der Waals surface area contributed by atoms with Gasteiger partial charge in [-0.25, -0.2) is 4.39 Å². The Morgan fingerprint density at radius 2 is 2.16 bits per heavy atom. The Morgan fingerprint density at radius 1 is 1.40 bits per heavy atom. The summed E-state index contributed by atoms with van der Waals surface area (Å²) >= 11 is 0. The maximum atomic E-state index is 13.7. The van der Waals surface area contributed by atoms with Crippen LogP contribution in [0.3, 0.4) is 0 Å². The highest BCUT2D eigenvalue weighted by Gasteiger charge is 2.18. The first kappa shape index (κ1) is 16.3. The molecular formula is C15H13FN6O3. The van der Waals surface area contributed by atoms with Gasteiger partial charge in [0.2, 0.25) is 0 Å². The van der Waals surface area contributed by atoms with Gasteiger partial charge < -0.3 is 15.4 Å². The Morgan fingerprint density at radius 3 is 2.84 bits per heavy atom. The highest BCUT2D eigenvalue weighted by atomic mass is 19.1. The van der Waals surface area contributed by atoms with E-state index < -0.39 is 10.8 Å². The third-order valence-corrected chi connectivity index (χ3v) is 3.49. The summed E-state index contributed by atoms with van der Waals surface area (Å²) in [5.41, 5.74) is 1.05. The van der Waals surface area contributed by atoms with Crippen LogP contribution in [0.25, 0.3) is 0 Å². The van der Waals surface area contributed by atoms with Crippen LogP contribution in [-0.2, 0) is 6.54 Å². The molecule has 1 amide bonds. The van der Waals surface area contributed by atoms with Gasteiger partial charge in [-0.1, -0.05) is 23.3 Å². The largest absolute Gasteiger partial charge is 0.358 e. The fourth-order valence-corrected chi connectivity index (χ4v) is 2.22. The van der Waals surface area contributed by atoms with Crippen LogP contribution in [-0.4, -0.2) is 30.8 Å². The zero-order chi connectivity index (χ0) is 18.0. The molecule has 2 aromatic heterocycles. The molecule has 0 saturated carbocycles. The summed E-state index contributed by atoms with van der Waals surface area (Å²) in [7, 11) is 0. The summed E-state index contributed by atoms with van der Waals surface area (Å²) in [4.78, 5) is 22.0. The second kappa shape index (κ2) is 6.51. The number of rotatable bonds is 5. The number of carbonyl (C=O) groups excluding carboxylic acids is 1. The Bertz CT molecular complexity index is 948. The van der Waals surface area contributed by atoms with E-state index in [4.69, 9.17) is 0 Å². The van der Waals surface area contributed by atoms with Crippen LogP contribution in [0.1, 0.15) is 21.7 Å². The van der Waals surface area contributed by atoms with Gasteiger partial charge in [0, 0.05) is 17.3 Å². The van der Waals surface area contributed by atoms with E-state index in [2.05, 4.69) is 20.6 Å². The van der Waals surface area contributed by atoms with E-state index in [1.54, 1.807) is 35.9 Å². The number of nitrogens with zero attached hydrogens (tertiary/aromatic N) is 4. The van der Waals surface area contributed by atoms with Crippen molar-refractivity contribution in [3.63, 3.8) is 0 Å². The molecule has 0 bridgehead atoms. The van der Waals surface area contributed by atoms with Crippen LogP contribution in [0.15, 0.2) is 36.4 Å². The number of anilines is 1. The minimum atomic E-state index is -0.683. The molecule has 2 heterocycles. The van der Waals surface area contributed by atoms with Crippen molar-refractivity contribution in [3.8, 4) is 0 Å². The molecule has 0 fully saturated rings. The van der Waals surface area contributed by atoms with Gasteiger partial charge in [-0.15, -0.1) is 5.10 Å². The number of nitro groups is 1. The molecule has 0 atom stereocenters. The van der Waals surface area contributed by atoms with Gasteiger partial charge in [0.1, 0.15) is 5.82 Å². The predicted molar refractivity (Wildman–Crippen MR) is 85.7 cm³/mol. The van der Waals surface area contributed by atoms with Gasteiger partial charge in [0.15, 0.2) is 11.5 Å². The Hall–Kier alpha value is -3.56. The lowest BCUT2D eigenvalue weighted by Crippen LogP contribution is -2.13. The Labute approximate surface area is 140 Å².